The molecule has 2 aliphatic rings. The van der Waals surface area contributed by atoms with E-state index in [4.69, 9.17) is 5.11 Å². The van der Waals surface area contributed by atoms with E-state index in [1.165, 1.54) is 17.7 Å². The standard InChI is InChI=1S/C14H25N3O4/c1-10(8-16-4-2-3-5-16)7-15-14(21)17-9-11(18)6-12(17)13(19)20/h10-12,18H,2-9H2,1H3,(H,15,21)(H,19,20)/t10?,11-,12-/m1/s1. The van der Waals surface area contributed by atoms with E-state index in [1.807, 2.05) is 0 Å². The summed E-state index contributed by atoms with van der Waals surface area (Å²) in [5.74, 6) is -0.741. The number of carboxylic acids is 1. The summed E-state index contributed by atoms with van der Waals surface area (Å²) in [6, 6.07) is -1.32. The minimum absolute atomic E-state index is 0.0866. The van der Waals surface area contributed by atoms with Crippen molar-refractivity contribution in [2.75, 3.05) is 32.7 Å². The van der Waals surface area contributed by atoms with E-state index < -0.39 is 24.1 Å². The van der Waals surface area contributed by atoms with Crippen LogP contribution in [0.25, 0.3) is 0 Å². The molecule has 2 rings (SSSR count). The van der Waals surface area contributed by atoms with Crippen LogP contribution in [0.15, 0.2) is 0 Å². The number of hydrogen-bond acceptors (Lipinski definition) is 4. The Hall–Kier alpha value is -1.34. The van der Waals surface area contributed by atoms with Gasteiger partial charge in [-0.15, -0.1) is 0 Å². The van der Waals surface area contributed by atoms with Crippen LogP contribution in [0.3, 0.4) is 0 Å². The van der Waals surface area contributed by atoms with Gasteiger partial charge < -0.3 is 25.3 Å². The normalized spacial score (nSPS) is 27.8. The highest BCUT2D eigenvalue weighted by molar-refractivity contribution is 5.83. The molecule has 0 aliphatic carbocycles. The molecule has 0 saturated carbocycles. The molecule has 120 valence electrons. The van der Waals surface area contributed by atoms with Crippen LogP contribution in [0.4, 0.5) is 4.79 Å². The lowest BCUT2D eigenvalue weighted by Crippen LogP contribution is -2.47. The van der Waals surface area contributed by atoms with E-state index in [0.29, 0.717) is 12.5 Å². The lowest BCUT2D eigenvalue weighted by Gasteiger charge is -2.24. The third kappa shape index (κ3) is 4.31. The topological polar surface area (TPSA) is 93.1 Å². The van der Waals surface area contributed by atoms with Gasteiger partial charge in [-0.2, -0.15) is 0 Å². The van der Waals surface area contributed by atoms with Crippen molar-refractivity contribution in [2.24, 2.45) is 5.92 Å². The van der Waals surface area contributed by atoms with E-state index >= 15 is 0 Å². The van der Waals surface area contributed by atoms with Crippen molar-refractivity contribution in [1.29, 1.82) is 0 Å². The van der Waals surface area contributed by atoms with E-state index in [0.717, 1.165) is 19.6 Å². The quantitative estimate of drug-likeness (QED) is 0.662. The Bertz CT molecular complexity index is 384. The number of β-amino-alcohol motifs (C(OH)–C–C–N with tert-alkyl or cyclic N) is 1. The fourth-order valence-electron chi connectivity index (χ4n) is 3.11. The molecule has 2 amide bonds. The molecule has 0 spiro atoms. The summed E-state index contributed by atoms with van der Waals surface area (Å²) >= 11 is 0. The number of rotatable bonds is 5. The molecular weight excluding hydrogens is 274 g/mol. The molecule has 2 saturated heterocycles. The molecule has 0 aromatic carbocycles. The first-order valence-electron chi connectivity index (χ1n) is 7.65. The van der Waals surface area contributed by atoms with Crippen molar-refractivity contribution in [2.45, 2.75) is 38.3 Å². The van der Waals surface area contributed by atoms with Gasteiger partial charge in [-0.25, -0.2) is 9.59 Å². The van der Waals surface area contributed by atoms with Crippen molar-refractivity contribution in [3.63, 3.8) is 0 Å². The van der Waals surface area contributed by atoms with Crippen LogP contribution in [0.1, 0.15) is 26.2 Å². The fraction of sp³-hybridized carbons (Fsp3) is 0.857. The molecule has 2 heterocycles. The number of aliphatic carboxylic acids is 1. The lowest BCUT2D eigenvalue weighted by molar-refractivity contribution is -0.141. The third-order valence-corrected chi connectivity index (χ3v) is 4.20. The van der Waals surface area contributed by atoms with Crippen molar-refractivity contribution < 1.29 is 19.8 Å². The van der Waals surface area contributed by atoms with Crippen molar-refractivity contribution >= 4 is 12.0 Å². The maximum Gasteiger partial charge on any atom is 0.326 e. The average molecular weight is 299 g/mol. The largest absolute Gasteiger partial charge is 0.480 e. The number of likely N-dealkylation sites (tertiary alicyclic amines) is 2. The van der Waals surface area contributed by atoms with Crippen LogP contribution in [0.2, 0.25) is 0 Å². The molecule has 2 aliphatic heterocycles. The maximum absolute atomic E-state index is 12.1. The first-order chi connectivity index (χ1) is 9.97. The minimum atomic E-state index is -1.06. The zero-order chi connectivity index (χ0) is 15.4. The first-order valence-corrected chi connectivity index (χ1v) is 7.65. The zero-order valence-electron chi connectivity index (χ0n) is 12.5. The Labute approximate surface area is 124 Å². The number of hydrogen-bond donors (Lipinski definition) is 3. The second-order valence-electron chi connectivity index (χ2n) is 6.19. The molecule has 3 atom stereocenters. The summed E-state index contributed by atoms with van der Waals surface area (Å²) < 4.78 is 0. The molecular formula is C14H25N3O4. The fourth-order valence-corrected chi connectivity index (χ4v) is 3.11. The third-order valence-electron chi connectivity index (χ3n) is 4.20. The second kappa shape index (κ2) is 7.09. The Morgan fingerprint density at radius 3 is 2.62 bits per heavy atom. The molecule has 7 heteroatoms. The summed E-state index contributed by atoms with van der Waals surface area (Å²) in [6.07, 6.45) is 1.83. The average Bonchev–Trinajstić information content (AvgIpc) is 3.05. The van der Waals surface area contributed by atoms with Gasteiger partial charge >= 0.3 is 12.0 Å². The lowest BCUT2D eigenvalue weighted by atomic mass is 10.1. The van der Waals surface area contributed by atoms with Gasteiger partial charge in [0.05, 0.1) is 6.10 Å². The van der Waals surface area contributed by atoms with E-state index in [1.54, 1.807) is 0 Å². The van der Waals surface area contributed by atoms with E-state index in [2.05, 4.69) is 17.1 Å². The van der Waals surface area contributed by atoms with Crippen LogP contribution in [-0.2, 0) is 4.79 Å². The number of carboxylic acid groups (broad SMARTS) is 1. The Kier molecular flexibility index (Phi) is 5.41. The minimum Gasteiger partial charge on any atom is -0.480 e. The first kappa shape index (κ1) is 16.0. The zero-order valence-corrected chi connectivity index (χ0v) is 12.5. The molecule has 0 bridgehead atoms. The van der Waals surface area contributed by atoms with E-state index in [-0.39, 0.29) is 13.0 Å². The van der Waals surface area contributed by atoms with Gasteiger partial charge in [0, 0.05) is 26.1 Å². The summed E-state index contributed by atoms with van der Waals surface area (Å²) in [7, 11) is 0. The summed E-state index contributed by atoms with van der Waals surface area (Å²) in [6.45, 7) is 5.88. The molecule has 0 aromatic rings. The van der Waals surface area contributed by atoms with Crippen molar-refractivity contribution in [3.8, 4) is 0 Å². The second-order valence-corrected chi connectivity index (χ2v) is 6.19. The number of aliphatic hydroxyl groups is 1. The number of urea groups is 1. The predicted octanol–water partition coefficient (Wildman–Crippen LogP) is -0.0523. The highest BCUT2D eigenvalue weighted by atomic mass is 16.4. The van der Waals surface area contributed by atoms with Crippen molar-refractivity contribution in [1.82, 2.24) is 15.1 Å². The summed E-state index contributed by atoms with van der Waals surface area (Å²) in [4.78, 5) is 26.8. The Morgan fingerprint density at radius 2 is 2.00 bits per heavy atom. The van der Waals surface area contributed by atoms with Gasteiger partial charge in [0.25, 0.3) is 0 Å². The monoisotopic (exact) mass is 299 g/mol. The molecule has 2 fully saturated rings. The number of carbonyl (C=O) groups excluding carboxylic acids is 1. The number of amides is 2. The summed E-state index contributed by atoms with van der Waals surface area (Å²) in [5.41, 5.74) is 0. The number of nitrogens with zero attached hydrogens (tertiary/aromatic N) is 2. The highest BCUT2D eigenvalue weighted by Gasteiger charge is 2.38. The van der Waals surface area contributed by atoms with Crippen LogP contribution in [0, 0.1) is 5.92 Å². The van der Waals surface area contributed by atoms with Crippen LogP contribution in [-0.4, -0.2) is 76.9 Å². The molecule has 7 nitrogen and oxygen atoms in total. The number of nitrogens with one attached hydrogen (secondary N) is 1. The van der Waals surface area contributed by atoms with Gasteiger partial charge in [-0.1, -0.05) is 6.92 Å². The van der Waals surface area contributed by atoms with Crippen LogP contribution in [0.5, 0.6) is 0 Å². The van der Waals surface area contributed by atoms with Crippen LogP contribution >= 0.6 is 0 Å². The van der Waals surface area contributed by atoms with E-state index in [9.17, 15) is 14.7 Å². The van der Waals surface area contributed by atoms with Gasteiger partial charge in [0.1, 0.15) is 6.04 Å². The number of aliphatic hydroxyl groups excluding tert-OH is 1. The molecule has 21 heavy (non-hydrogen) atoms. The smallest absolute Gasteiger partial charge is 0.326 e. The molecule has 1 unspecified atom stereocenters. The van der Waals surface area contributed by atoms with Gasteiger partial charge in [0.2, 0.25) is 0 Å². The van der Waals surface area contributed by atoms with Gasteiger partial charge in [-0.05, 0) is 31.8 Å². The molecule has 3 N–H and O–H groups in total. The van der Waals surface area contributed by atoms with Crippen LogP contribution < -0.4 is 5.32 Å². The highest BCUT2D eigenvalue weighted by Crippen LogP contribution is 2.18. The predicted molar refractivity (Wildman–Crippen MR) is 77.0 cm³/mol. The number of carbonyl (C=O) groups is 2. The molecule has 0 aromatic heterocycles. The van der Waals surface area contributed by atoms with Gasteiger partial charge in [0.15, 0.2) is 0 Å². The van der Waals surface area contributed by atoms with Gasteiger partial charge in [-0.3, -0.25) is 0 Å². The molecule has 0 radical (unpaired) electrons. The SMILES string of the molecule is CC(CNC(=O)N1C[C@H](O)C[C@@H]1C(=O)O)CN1CCCC1. The Morgan fingerprint density at radius 1 is 1.33 bits per heavy atom. The maximum atomic E-state index is 12.1. The van der Waals surface area contributed by atoms with Crippen molar-refractivity contribution in [3.05, 3.63) is 0 Å². The Balaban J connectivity index is 1.76. The summed E-state index contributed by atoms with van der Waals surface area (Å²) in [5, 5.41) is 21.4.